The largest absolute Gasteiger partial charge is 0.302 e. The molecule has 0 bridgehead atoms. The smallest absolute Gasteiger partial charge is 0.267 e. The van der Waals surface area contributed by atoms with Crippen LogP contribution in [0.25, 0.3) is 11.7 Å². The number of carbonyl (C=O) groups excluding carboxylic acids is 1. The molecule has 0 aliphatic heterocycles. The van der Waals surface area contributed by atoms with Gasteiger partial charge in [0.05, 0.1) is 11.4 Å². The number of aromatic nitrogens is 2. The summed E-state index contributed by atoms with van der Waals surface area (Å²) in [5.74, 6) is -0.549. The van der Waals surface area contributed by atoms with Crippen LogP contribution in [0.4, 0.5) is 0 Å². The van der Waals surface area contributed by atoms with E-state index < -0.39 is 5.91 Å². The van der Waals surface area contributed by atoms with Crippen LogP contribution in [0.2, 0.25) is 0 Å². The van der Waals surface area contributed by atoms with Gasteiger partial charge in [-0.3, -0.25) is 14.9 Å². The third kappa shape index (κ3) is 5.41. The topological polar surface area (TPSA) is 69.9 Å². The van der Waals surface area contributed by atoms with E-state index in [0.29, 0.717) is 0 Å². The third-order valence-corrected chi connectivity index (χ3v) is 4.52. The van der Waals surface area contributed by atoms with Crippen molar-refractivity contribution in [1.29, 1.82) is 0 Å². The molecular weight excluding hydrogens is 328 g/mol. The van der Waals surface area contributed by atoms with Gasteiger partial charge in [-0.15, -0.1) is 0 Å². The molecule has 0 fully saturated rings. The second-order valence-corrected chi connectivity index (χ2v) is 6.62. The molecule has 0 aromatic carbocycles. The van der Waals surface area contributed by atoms with Gasteiger partial charge in [-0.05, 0) is 56.6 Å². The Morgan fingerprint density at radius 3 is 2.62 bits per heavy atom. The van der Waals surface area contributed by atoms with Crippen molar-refractivity contribution < 1.29 is 10.0 Å². The zero-order valence-electron chi connectivity index (χ0n) is 16.0. The monoisotopic (exact) mass is 358 g/mol. The standard InChI is InChI=1S/C20H30N4O2/c1-4-6-11-23(12-7-5-2)15-18-16(3)21-19-14-17(10-13-24(18)19)8-9-20(25)22-26/h8-10,13-14,26H,4-7,11-12,15H2,1-3H3,(H,22,25)/b9-8+. The number of pyridine rings is 1. The molecule has 0 radical (unpaired) electrons. The van der Waals surface area contributed by atoms with Crippen molar-refractivity contribution in [2.75, 3.05) is 13.1 Å². The van der Waals surface area contributed by atoms with E-state index in [9.17, 15) is 4.79 Å². The molecule has 26 heavy (non-hydrogen) atoms. The highest BCUT2D eigenvalue weighted by molar-refractivity contribution is 5.90. The van der Waals surface area contributed by atoms with Gasteiger partial charge in [-0.25, -0.2) is 10.5 Å². The van der Waals surface area contributed by atoms with Gasteiger partial charge < -0.3 is 4.40 Å². The molecule has 2 rings (SSSR count). The summed E-state index contributed by atoms with van der Waals surface area (Å²) in [5.41, 5.74) is 5.58. The molecule has 6 nitrogen and oxygen atoms in total. The number of carbonyl (C=O) groups is 1. The van der Waals surface area contributed by atoms with Crippen molar-refractivity contribution in [3.8, 4) is 0 Å². The highest BCUT2D eigenvalue weighted by atomic mass is 16.5. The highest BCUT2D eigenvalue weighted by Gasteiger charge is 2.13. The van der Waals surface area contributed by atoms with Crippen LogP contribution >= 0.6 is 0 Å². The molecule has 0 aliphatic carbocycles. The minimum Gasteiger partial charge on any atom is -0.302 e. The summed E-state index contributed by atoms with van der Waals surface area (Å²) in [6.45, 7) is 9.62. The first-order valence-corrected chi connectivity index (χ1v) is 9.41. The number of hydrogen-bond acceptors (Lipinski definition) is 4. The van der Waals surface area contributed by atoms with Crippen molar-refractivity contribution >= 4 is 17.6 Å². The van der Waals surface area contributed by atoms with Crippen LogP contribution in [-0.2, 0) is 11.3 Å². The second kappa shape index (κ2) is 10.1. The van der Waals surface area contributed by atoms with Crippen molar-refractivity contribution in [1.82, 2.24) is 19.8 Å². The van der Waals surface area contributed by atoms with Crippen molar-refractivity contribution in [2.24, 2.45) is 0 Å². The minimum atomic E-state index is -0.549. The van der Waals surface area contributed by atoms with Crippen LogP contribution in [0.1, 0.15) is 56.5 Å². The molecule has 0 spiro atoms. The van der Waals surface area contributed by atoms with Gasteiger partial charge in [0.25, 0.3) is 5.91 Å². The summed E-state index contributed by atoms with van der Waals surface area (Å²) < 4.78 is 2.13. The fourth-order valence-corrected chi connectivity index (χ4v) is 2.98. The van der Waals surface area contributed by atoms with Gasteiger partial charge in [-0.1, -0.05) is 26.7 Å². The van der Waals surface area contributed by atoms with Crippen LogP contribution < -0.4 is 5.48 Å². The molecule has 2 heterocycles. The summed E-state index contributed by atoms with van der Waals surface area (Å²) in [6, 6.07) is 3.89. The van der Waals surface area contributed by atoms with E-state index >= 15 is 0 Å². The first-order valence-electron chi connectivity index (χ1n) is 9.41. The van der Waals surface area contributed by atoms with Crippen LogP contribution in [-0.4, -0.2) is 38.5 Å². The van der Waals surface area contributed by atoms with E-state index in [0.717, 1.165) is 36.5 Å². The van der Waals surface area contributed by atoms with Crippen molar-refractivity contribution in [3.63, 3.8) is 0 Å². The maximum absolute atomic E-state index is 11.1. The number of amides is 1. The Hall–Kier alpha value is -2.18. The molecule has 0 saturated carbocycles. The summed E-state index contributed by atoms with van der Waals surface area (Å²) in [7, 11) is 0. The zero-order chi connectivity index (χ0) is 18.9. The number of fused-ring (bicyclic) bond motifs is 1. The Balaban J connectivity index is 2.22. The Bertz CT molecular complexity index is 744. The van der Waals surface area contributed by atoms with Crippen LogP contribution in [0.3, 0.4) is 0 Å². The van der Waals surface area contributed by atoms with E-state index in [-0.39, 0.29) is 0 Å². The van der Waals surface area contributed by atoms with E-state index in [1.807, 2.05) is 18.3 Å². The number of unbranched alkanes of at least 4 members (excludes halogenated alkanes) is 2. The number of rotatable bonds is 10. The lowest BCUT2D eigenvalue weighted by atomic mass is 10.2. The molecule has 2 aromatic rings. The Labute approximate surface area is 155 Å². The van der Waals surface area contributed by atoms with Crippen LogP contribution in [0, 0.1) is 6.92 Å². The summed E-state index contributed by atoms with van der Waals surface area (Å²) in [5, 5.41) is 8.56. The van der Waals surface area contributed by atoms with Gasteiger partial charge in [0.15, 0.2) is 0 Å². The molecule has 6 heteroatoms. The van der Waals surface area contributed by atoms with Crippen LogP contribution in [0.15, 0.2) is 24.4 Å². The molecule has 142 valence electrons. The Kier molecular flexibility index (Phi) is 7.81. The zero-order valence-corrected chi connectivity index (χ0v) is 16.0. The van der Waals surface area contributed by atoms with Gasteiger partial charge in [0.1, 0.15) is 5.65 Å². The quantitative estimate of drug-likeness (QED) is 0.387. The maximum atomic E-state index is 11.1. The fraction of sp³-hybridized carbons (Fsp3) is 0.500. The molecular formula is C20H30N4O2. The van der Waals surface area contributed by atoms with Crippen molar-refractivity contribution in [2.45, 2.75) is 53.0 Å². The van der Waals surface area contributed by atoms with Crippen molar-refractivity contribution in [3.05, 3.63) is 41.4 Å². The molecule has 0 unspecified atom stereocenters. The first-order chi connectivity index (χ1) is 12.6. The van der Waals surface area contributed by atoms with Crippen LogP contribution in [0.5, 0.6) is 0 Å². The van der Waals surface area contributed by atoms with E-state index in [4.69, 9.17) is 5.21 Å². The lowest BCUT2D eigenvalue weighted by Crippen LogP contribution is -2.26. The molecule has 0 aliphatic rings. The van der Waals surface area contributed by atoms with Gasteiger partial charge in [0.2, 0.25) is 0 Å². The molecule has 2 N–H and O–H groups in total. The molecule has 1 amide bonds. The average molecular weight is 358 g/mol. The van der Waals surface area contributed by atoms with Gasteiger partial charge in [0, 0.05) is 18.8 Å². The number of aryl methyl sites for hydroxylation is 1. The summed E-state index contributed by atoms with van der Waals surface area (Å²) in [4.78, 5) is 18.3. The lowest BCUT2D eigenvalue weighted by Gasteiger charge is -2.22. The summed E-state index contributed by atoms with van der Waals surface area (Å²) >= 11 is 0. The molecule has 0 atom stereocenters. The number of hydroxylamine groups is 1. The fourth-order valence-electron chi connectivity index (χ4n) is 2.98. The predicted octanol–water partition coefficient (Wildman–Crippen LogP) is 3.56. The van der Waals surface area contributed by atoms with Gasteiger partial charge >= 0.3 is 0 Å². The van der Waals surface area contributed by atoms with Gasteiger partial charge in [-0.2, -0.15) is 0 Å². The normalized spacial score (nSPS) is 11.7. The number of nitrogens with one attached hydrogen (secondary N) is 1. The second-order valence-electron chi connectivity index (χ2n) is 6.62. The first kappa shape index (κ1) is 20.1. The number of imidazole rings is 1. The Morgan fingerprint density at radius 2 is 2.00 bits per heavy atom. The minimum absolute atomic E-state index is 0.549. The number of nitrogens with zero attached hydrogens (tertiary/aromatic N) is 3. The lowest BCUT2D eigenvalue weighted by molar-refractivity contribution is -0.124. The highest BCUT2D eigenvalue weighted by Crippen LogP contribution is 2.17. The Morgan fingerprint density at radius 1 is 1.31 bits per heavy atom. The third-order valence-electron chi connectivity index (χ3n) is 4.52. The molecule has 2 aromatic heterocycles. The van der Waals surface area contributed by atoms with E-state index in [1.54, 1.807) is 11.6 Å². The van der Waals surface area contributed by atoms with E-state index in [1.165, 1.54) is 37.5 Å². The maximum Gasteiger partial charge on any atom is 0.267 e. The SMILES string of the molecule is CCCCN(CCCC)Cc1c(C)nc2cc(/C=C/C(=O)NO)ccn12. The average Bonchev–Trinajstić information content (AvgIpc) is 2.96. The van der Waals surface area contributed by atoms with E-state index in [2.05, 4.69) is 35.1 Å². The number of hydrogen-bond donors (Lipinski definition) is 2. The molecule has 0 saturated heterocycles. The summed E-state index contributed by atoms with van der Waals surface area (Å²) in [6.07, 6.45) is 9.77. The predicted molar refractivity (Wildman–Crippen MR) is 104 cm³/mol.